The Morgan fingerprint density at radius 3 is 2.14 bits per heavy atom. The van der Waals surface area contributed by atoms with Crippen molar-refractivity contribution in [3.05, 3.63) is 41.0 Å². The zero-order valence-electron chi connectivity index (χ0n) is 11.3. The van der Waals surface area contributed by atoms with Crippen molar-refractivity contribution in [2.24, 2.45) is 5.92 Å². The summed E-state index contributed by atoms with van der Waals surface area (Å²) >= 11 is 4.07. The molecule has 0 spiro atoms. The highest BCUT2D eigenvalue weighted by atomic mass is 32.2. The predicted molar refractivity (Wildman–Crippen MR) is 86.7 cm³/mol. The molecule has 2 aliphatic rings. The Morgan fingerprint density at radius 2 is 1.67 bits per heavy atom. The Balaban J connectivity index is 0.000000272. The van der Waals surface area contributed by atoms with Crippen molar-refractivity contribution >= 4 is 41.5 Å². The largest absolute Gasteiger partial charge is 0.480 e. The maximum absolute atomic E-state index is 10.9. The molecule has 112 valence electrons. The summed E-state index contributed by atoms with van der Waals surface area (Å²) in [4.78, 5) is 21.7. The average molecular weight is 324 g/mol. The van der Waals surface area contributed by atoms with Crippen LogP contribution in [-0.2, 0) is 16.0 Å². The third-order valence-electron chi connectivity index (χ3n) is 3.19. The predicted octanol–water partition coefficient (Wildman–Crippen LogP) is 2.84. The molecule has 6 heteroatoms. The smallest absolute Gasteiger partial charge is 0.322 e. The second-order valence-corrected chi connectivity index (χ2v) is 7.21. The maximum Gasteiger partial charge on any atom is 0.322 e. The molecule has 1 heterocycles. The van der Waals surface area contributed by atoms with Gasteiger partial charge in [-0.2, -0.15) is 23.5 Å². The van der Waals surface area contributed by atoms with Gasteiger partial charge in [0.05, 0.1) is 0 Å². The van der Waals surface area contributed by atoms with Crippen LogP contribution in [0, 0.1) is 5.92 Å². The Hall–Kier alpha value is -1.40. The second kappa shape index (κ2) is 7.56. The number of carbonyl (C=O) groups is 2. The van der Waals surface area contributed by atoms with Crippen molar-refractivity contribution < 1.29 is 19.8 Å². The van der Waals surface area contributed by atoms with Crippen LogP contribution in [0.1, 0.15) is 11.1 Å². The zero-order chi connectivity index (χ0) is 15.2. The Labute approximate surface area is 131 Å². The van der Waals surface area contributed by atoms with Crippen LogP contribution in [0.15, 0.2) is 29.8 Å². The number of carboxylic acid groups (broad SMARTS) is 2. The molecule has 0 aromatic heterocycles. The van der Waals surface area contributed by atoms with Gasteiger partial charge in [-0.15, -0.1) is 0 Å². The molecule has 21 heavy (non-hydrogen) atoms. The zero-order valence-corrected chi connectivity index (χ0v) is 13.0. The van der Waals surface area contributed by atoms with Gasteiger partial charge in [-0.1, -0.05) is 30.3 Å². The molecule has 1 aromatic rings. The maximum atomic E-state index is 10.9. The van der Waals surface area contributed by atoms with E-state index >= 15 is 0 Å². The SMILES string of the molecule is C1CSCS1.O=C(O)C(C(=O)O)C1=Cc2ccccc2C1. The van der Waals surface area contributed by atoms with Gasteiger partial charge in [-0.3, -0.25) is 9.59 Å². The minimum atomic E-state index is -1.44. The van der Waals surface area contributed by atoms with Crippen molar-refractivity contribution in [2.75, 3.05) is 16.6 Å². The molecule has 1 saturated heterocycles. The van der Waals surface area contributed by atoms with E-state index in [9.17, 15) is 9.59 Å². The summed E-state index contributed by atoms with van der Waals surface area (Å²) in [6, 6.07) is 7.42. The molecule has 1 aliphatic carbocycles. The van der Waals surface area contributed by atoms with Gasteiger partial charge in [0.15, 0.2) is 5.92 Å². The van der Waals surface area contributed by atoms with Gasteiger partial charge < -0.3 is 10.2 Å². The van der Waals surface area contributed by atoms with E-state index in [0.29, 0.717) is 12.0 Å². The molecule has 1 aromatic carbocycles. The summed E-state index contributed by atoms with van der Waals surface area (Å²) in [6.07, 6.45) is 2.06. The van der Waals surface area contributed by atoms with Crippen molar-refractivity contribution in [3.8, 4) is 0 Å². The number of thioether (sulfide) groups is 2. The molecular formula is C15H16O4S2. The van der Waals surface area contributed by atoms with E-state index in [0.717, 1.165) is 11.1 Å². The molecular weight excluding hydrogens is 308 g/mol. The first-order valence-corrected chi connectivity index (χ1v) is 8.80. The standard InChI is InChI=1S/C12H10O4.C3H6S2/c13-11(14)10(12(15)16)9-5-7-3-1-2-4-8(7)6-9;1-2-5-3-4-1/h1-5,10H,6H2,(H,13,14)(H,15,16);1-3H2. The van der Waals surface area contributed by atoms with Crippen LogP contribution in [0.5, 0.6) is 0 Å². The summed E-state index contributed by atoms with van der Waals surface area (Å²) in [5.74, 6) is -1.31. The first-order chi connectivity index (χ1) is 10.1. The van der Waals surface area contributed by atoms with E-state index in [-0.39, 0.29) is 0 Å². The van der Waals surface area contributed by atoms with E-state index in [1.54, 1.807) is 6.08 Å². The molecule has 3 rings (SSSR count). The molecule has 1 fully saturated rings. The third kappa shape index (κ3) is 4.28. The van der Waals surface area contributed by atoms with Crippen molar-refractivity contribution in [2.45, 2.75) is 6.42 Å². The summed E-state index contributed by atoms with van der Waals surface area (Å²) < 4.78 is 0. The van der Waals surface area contributed by atoms with Crippen LogP contribution in [0.3, 0.4) is 0 Å². The molecule has 0 unspecified atom stereocenters. The van der Waals surface area contributed by atoms with Crippen LogP contribution in [0.2, 0.25) is 0 Å². The van der Waals surface area contributed by atoms with Crippen molar-refractivity contribution in [1.29, 1.82) is 0 Å². The van der Waals surface area contributed by atoms with Crippen LogP contribution in [0.4, 0.5) is 0 Å². The van der Waals surface area contributed by atoms with Gasteiger partial charge in [-0.05, 0) is 23.1 Å². The quantitative estimate of drug-likeness (QED) is 0.833. The summed E-state index contributed by atoms with van der Waals surface area (Å²) in [5.41, 5.74) is 2.32. The monoisotopic (exact) mass is 324 g/mol. The highest BCUT2D eigenvalue weighted by Gasteiger charge is 2.32. The van der Waals surface area contributed by atoms with E-state index in [2.05, 4.69) is 0 Å². The first-order valence-electron chi connectivity index (χ1n) is 6.49. The van der Waals surface area contributed by atoms with Crippen molar-refractivity contribution in [3.63, 3.8) is 0 Å². The molecule has 2 N–H and O–H groups in total. The number of aliphatic carboxylic acids is 2. The van der Waals surface area contributed by atoms with Gasteiger partial charge in [0.25, 0.3) is 0 Å². The van der Waals surface area contributed by atoms with Crippen LogP contribution < -0.4 is 0 Å². The van der Waals surface area contributed by atoms with E-state index < -0.39 is 17.9 Å². The minimum Gasteiger partial charge on any atom is -0.480 e. The lowest BCUT2D eigenvalue weighted by Crippen LogP contribution is -2.25. The lowest BCUT2D eigenvalue weighted by Gasteiger charge is -2.07. The first kappa shape index (κ1) is 16.0. The molecule has 1 aliphatic heterocycles. The Kier molecular flexibility index (Phi) is 5.76. The lowest BCUT2D eigenvalue weighted by atomic mass is 9.97. The van der Waals surface area contributed by atoms with Crippen LogP contribution in [0.25, 0.3) is 6.08 Å². The fraction of sp³-hybridized carbons (Fsp3) is 0.333. The van der Waals surface area contributed by atoms with Crippen molar-refractivity contribution in [1.82, 2.24) is 0 Å². The third-order valence-corrected chi connectivity index (χ3v) is 5.77. The second-order valence-electron chi connectivity index (χ2n) is 4.64. The fourth-order valence-electron chi connectivity index (χ4n) is 2.21. The van der Waals surface area contributed by atoms with Gasteiger partial charge in [0.1, 0.15) is 0 Å². The minimum absolute atomic E-state index is 0.402. The van der Waals surface area contributed by atoms with Gasteiger partial charge in [0, 0.05) is 16.6 Å². The Bertz CT molecular complexity index is 543. The van der Waals surface area contributed by atoms with Gasteiger partial charge >= 0.3 is 11.9 Å². The van der Waals surface area contributed by atoms with E-state index in [1.807, 2.05) is 47.8 Å². The number of hydrogen-bond acceptors (Lipinski definition) is 4. The lowest BCUT2D eigenvalue weighted by molar-refractivity contribution is -0.152. The van der Waals surface area contributed by atoms with Gasteiger partial charge in [0.2, 0.25) is 0 Å². The number of fused-ring (bicyclic) bond motifs is 1. The number of benzene rings is 1. The molecule has 4 nitrogen and oxygen atoms in total. The summed E-state index contributed by atoms with van der Waals surface area (Å²) in [5, 5.41) is 19.1. The van der Waals surface area contributed by atoms with Crippen LogP contribution >= 0.6 is 23.5 Å². The summed E-state index contributed by atoms with van der Waals surface area (Å²) in [7, 11) is 0. The number of carboxylic acids is 2. The molecule has 0 amide bonds. The summed E-state index contributed by atoms with van der Waals surface area (Å²) in [6.45, 7) is 0. The fourth-order valence-corrected chi connectivity index (χ4v) is 4.57. The van der Waals surface area contributed by atoms with E-state index in [1.165, 1.54) is 16.6 Å². The average Bonchev–Trinajstić information content (AvgIpc) is 3.10. The number of rotatable bonds is 3. The normalized spacial score (nSPS) is 16.0. The highest BCUT2D eigenvalue weighted by Crippen LogP contribution is 2.29. The molecule has 0 bridgehead atoms. The van der Waals surface area contributed by atoms with E-state index in [4.69, 9.17) is 10.2 Å². The number of hydrogen-bond donors (Lipinski definition) is 2. The Morgan fingerprint density at radius 1 is 1.05 bits per heavy atom. The highest BCUT2D eigenvalue weighted by molar-refractivity contribution is 8.19. The molecule has 0 radical (unpaired) electrons. The van der Waals surface area contributed by atoms with Crippen LogP contribution in [-0.4, -0.2) is 38.7 Å². The topological polar surface area (TPSA) is 74.6 Å². The molecule has 0 atom stereocenters. The van der Waals surface area contributed by atoms with Gasteiger partial charge in [-0.25, -0.2) is 0 Å². The molecule has 0 saturated carbocycles.